The van der Waals surface area contributed by atoms with Gasteiger partial charge in [-0.1, -0.05) is 0 Å². The van der Waals surface area contributed by atoms with Crippen LogP contribution in [0.3, 0.4) is 0 Å². The van der Waals surface area contributed by atoms with Gasteiger partial charge in [-0.15, -0.1) is 0 Å². The van der Waals surface area contributed by atoms with Crippen molar-refractivity contribution in [1.82, 2.24) is 9.88 Å². The first kappa shape index (κ1) is 12.6. The molecule has 2 rings (SSSR count). The summed E-state index contributed by atoms with van der Waals surface area (Å²) in [6.45, 7) is 3.69. The molecular weight excluding hydrogens is 232 g/mol. The molecule has 0 bridgehead atoms. The van der Waals surface area contributed by atoms with E-state index in [9.17, 15) is 4.79 Å². The molecule has 0 radical (unpaired) electrons. The molecule has 0 aliphatic carbocycles. The van der Waals surface area contributed by atoms with Gasteiger partial charge in [-0.2, -0.15) is 0 Å². The van der Waals surface area contributed by atoms with Crippen molar-refractivity contribution in [3.05, 3.63) is 17.8 Å². The van der Waals surface area contributed by atoms with Crippen LogP contribution >= 0.6 is 0 Å². The molecule has 1 atom stereocenters. The van der Waals surface area contributed by atoms with E-state index in [1.54, 1.807) is 24.2 Å². The van der Waals surface area contributed by atoms with Gasteiger partial charge in [0.2, 0.25) is 0 Å². The van der Waals surface area contributed by atoms with Crippen LogP contribution in [0.2, 0.25) is 0 Å². The highest BCUT2D eigenvalue weighted by Gasteiger charge is 2.26. The number of hydrogen-bond acceptors (Lipinski definition) is 5. The second-order valence-corrected chi connectivity index (χ2v) is 4.29. The number of nitrogens with zero attached hydrogens (tertiary/aromatic N) is 2. The van der Waals surface area contributed by atoms with Crippen LogP contribution in [-0.4, -0.2) is 48.6 Å². The Hall–Kier alpha value is -1.82. The molecule has 0 aromatic carbocycles. The van der Waals surface area contributed by atoms with E-state index in [2.05, 4.69) is 10.3 Å². The zero-order valence-corrected chi connectivity index (χ0v) is 10.6. The first-order valence-corrected chi connectivity index (χ1v) is 5.96. The van der Waals surface area contributed by atoms with Crippen molar-refractivity contribution in [3.8, 4) is 0 Å². The summed E-state index contributed by atoms with van der Waals surface area (Å²) in [5, 5.41) is 2.87. The van der Waals surface area contributed by atoms with Crippen molar-refractivity contribution in [3.63, 3.8) is 0 Å². The normalized spacial score (nSPS) is 19.7. The first-order valence-electron chi connectivity index (χ1n) is 5.96. The Balaban J connectivity index is 2.28. The number of nitrogens with two attached hydrogens (primary N) is 1. The maximum Gasteiger partial charge on any atom is 0.256 e. The number of anilines is 2. The third-order valence-corrected chi connectivity index (χ3v) is 3.09. The summed E-state index contributed by atoms with van der Waals surface area (Å²) in [5.41, 5.74) is 6.82. The van der Waals surface area contributed by atoms with Crippen LogP contribution in [0, 0.1) is 0 Å². The molecule has 1 fully saturated rings. The number of nitrogen functional groups attached to an aromatic ring is 1. The van der Waals surface area contributed by atoms with E-state index in [0.29, 0.717) is 36.8 Å². The van der Waals surface area contributed by atoms with Crippen molar-refractivity contribution >= 4 is 17.4 Å². The van der Waals surface area contributed by atoms with Crippen LogP contribution in [0.15, 0.2) is 12.3 Å². The lowest BCUT2D eigenvalue weighted by Crippen LogP contribution is -2.47. The van der Waals surface area contributed by atoms with Crippen LogP contribution in [-0.2, 0) is 4.74 Å². The van der Waals surface area contributed by atoms with Crippen LogP contribution in [0.5, 0.6) is 0 Å². The van der Waals surface area contributed by atoms with Gasteiger partial charge in [-0.25, -0.2) is 4.98 Å². The van der Waals surface area contributed by atoms with Gasteiger partial charge in [0.1, 0.15) is 5.82 Å². The molecule has 1 saturated heterocycles. The highest BCUT2D eigenvalue weighted by Crippen LogP contribution is 2.22. The van der Waals surface area contributed by atoms with Gasteiger partial charge >= 0.3 is 0 Å². The number of rotatable bonds is 2. The third kappa shape index (κ3) is 2.24. The number of morpholine rings is 1. The van der Waals surface area contributed by atoms with Gasteiger partial charge in [-0.3, -0.25) is 4.79 Å². The lowest BCUT2D eigenvalue weighted by atomic mass is 10.1. The average Bonchev–Trinajstić information content (AvgIpc) is 2.39. The smallest absolute Gasteiger partial charge is 0.256 e. The van der Waals surface area contributed by atoms with Gasteiger partial charge in [-0.05, 0) is 13.0 Å². The molecule has 98 valence electrons. The Bertz CT molecular complexity index is 450. The molecule has 1 amide bonds. The standard InChI is InChI=1S/C12H18N4O2/c1-8-7-18-6-5-16(8)12(17)9-3-4-15-11(14-2)10(9)13/h3-4,8H,5-7,13H2,1-2H3,(H,14,15)/t8-/m1/s1. The Morgan fingerprint density at radius 3 is 3.11 bits per heavy atom. The summed E-state index contributed by atoms with van der Waals surface area (Å²) >= 11 is 0. The fourth-order valence-corrected chi connectivity index (χ4v) is 2.04. The molecule has 6 heteroatoms. The SMILES string of the molecule is CNc1nccc(C(=O)N2CCOC[C@H]2C)c1N. The quantitative estimate of drug-likeness (QED) is 0.802. The van der Waals surface area contributed by atoms with Gasteiger partial charge in [0, 0.05) is 19.8 Å². The average molecular weight is 250 g/mol. The second kappa shape index (κ2) is 5.22. The number of carbonyl (C=O) groups excluding carboxylic acids is 1. The van der Waals surface area contributed by atoms with E-state index in [1.807, 2.05) is 6.92 Å². The monoisotopic (exact) mass is 250 g/mol. The number of amides is 1. The predicted molar refractivity (Wildman–Crippen MR) is 69.5 cm³/mol. The van der Waals surface area contributed by atoms with Crippen LogP contribution < -0.4 is 11.1 Å². The molecule has 1 aromatic rings. The van der Waals surface area contributed by atoms with E-state index in [-0.39, 0.29) is 11.9 Å². The van der Waals surface area contributed by atoms with Gasteiger partial charge in [0.15, 0.2) is 0 Å². The molecule has 3 N–H and O–H groups in total. The van der Waals surface area contributed by atoms with Gasteiger partial charge in [0.05, 0.1) is 30.5 Å². The van der Waals surface area contributed by atoms with E-state index in [4.69, 9.17) is 10.5 Å². The van der Waals surface area contributed by atoms with Crippen molar-refractivity contribution in [1.29, 1.82) is 0 Å². The Morgan fingerprint density at radius 1 is 1.67 bits per heavy atom. The first-order chi connectivity index (χ1) is 8.65. The summed E-state index contributed by atoms with van der Waals surface area (Å²) < 4.78 is 5.32. The largest absolute Gasteiger partial charge is 0.395 e. The zero-order chi connectivity index (χ0) is 13.1. The lowest BCUT2D eigenvalue weighted by molar-refractivity contribution is 0.00365. The minimum atomic E-state index is -0.0674. The summed E-state index contributed by atoms with van der Waals surface area (Å²) in [6, 6.07) is 1.72. The fraction of sp³-hybridized carbons (Fsp3) is 0.500. The Morgan fingerprint density at radius 2 is 2.44 bits per heavy atom. The number of carbonyl (C=O) groups is 1. The maximum atomic E-state index is 12.4. The van der Waals surface area contributed by atoms with E-state index < -0.39 is 0 Å². The number of hydrogen-bond donors (Lipinski definition) is 2. The van der Waals surface area contributed by atoms with E-state index >= 15 is 0 Å². The topological polar surface area (TPSA) is 80.5 Å². The van der Waals surface area contributed by atoms with Crippen molar-refractivity contribution in [2.45, 2.75) is 13.0 Å². The summed E-state index contributed by atoms with van der Waals surface area (Å²) in [7, 11) is 1.73. The molecule has 1 aliphatic heterocycles. The summed E-state index contributed by atoms with van der Waals surface area (Å²) in [5.74, 6) is 0.462. The molecule has 18 heavy (non-hydrogen) atoms. The summed E-state index contributed by atoms with van der Waals surface area (Å²) in [6.07, 6.45) is 1.58. The fourth-order valence-electron chi connectivity index (χ4n) is 2.04. The second-order valence-electron chi connectivity index (χ2n) is 4.29. The van der Waals surface area contributed by atoms with Crippen molar-refractivity contribution < 1.29 is 9.53 Å². The maximum absolute atomic E-state index is 12.4. The van der Waals surface area contributed by atoms with Gasteiger partial charge < -0.3 is 20.7 Å². The molecule has 6 nitrogen and oxygen atoms in total. The Labute approximate surface area is 106 Å². The van der Waals surface area contributed by atoms with E-state index in [1.165, 1.54) is 0 Å². The molecule has 1 aliphatic rings. The molecular formula is C12H18N4O2. The van der Waals surface area contributed by atoms with Crippen LogP contribution in [0.25, 0.3) is 0 Å². The van der Waals surface area contributed by atoms with Gasteiger partial charge in [0.25, 0.3) is 5.91 Å². The number of pyridine rings is 1. The third-order valence-electron chi connectivity index (χ3n) is 3.09. The van der Waals surface area contributed by atoms with Crippen LogP contribution in [0.4, 0.5) is 11.5 Å². The zero-order valence-electron chi connectivity index (χ0n) is 10.6. The highest BCUT2D eigenvalue weighted by atomic mass is 16.5. The van der Waals surface area contributed by atoms with E-state index in [0.717, 1.165) is 0 Å². The number of ether oxygens (including phenoxy) is 1. The summed E-state index contributed by atoms with van der Waals surface area (Å²) in [4.78, 5) is 18.3. The Kier molecular flexibility index (Phi) is 3.66. The number of nitrogens with one attached hydrogen (secondary N) is 1. The molecule has 1 aromatic heterocycles. The highest BCUT2D eigenvalue weighted by molar-refractivity contribution is 6.01. The molecule has 0 spiro atoms. The van der Waals surface area contributed by atoms with Crippen molar-refractivity contribution in [2.24, 2.45) is 0 Å². The predicted octanol–water partition coefficient (Wildman–Crippen LogP) is 0.566. The minimum Gasteiger partial charge on any atom is -0.395 e. The van der Waals surface area contributed by atoms with Crippen LogP contribution in [0.1, 0.15) is 17.3 Å². The number of aromatic nitrogens is 1. The minimum absolute atomic E-state index is 0.0665. The molecule has 2 heterocycles. The lowest BCUT2D eigenvalue weighted by Gasteiger charge is -2.33. The van der Waals surface area contributed by atoms with Crippen molar-refractivity contribution in [2.75, 3.05) is 37.9 Å². The molecule has 0 unspecified atom stereocenters. The molecule has 0 saturated carbocycles.